The summed E-state index contributed by atoms with van der Waals surface area (Å²) in [6, 6.07) is 5.96. The van der Waals surface area contributed by atoms with E-state index in [1.54, 1.807) is 6.20 Å². The first-order valence-corrected chi connectivity index (χ1v) is 7.99. The Morgan fingerprint density at radius 2 is 1.91 bits per heavy atom. The van der Waals surface area contributed by atoms with Crippen LogP contribution in [-0.2, 0) is 9.59 Å². The van der Waals surface area contributed by atoms with E-state index in [-0.39, 0.29) is 24.4 Å². The van der Waals surface area contributed by atoms with Gasteiger partial charge in [-0.15, -0.1) is 0 Å². The van der Waals surface area contributed by atoms with Crippen LogP contribution in [0.3, 0.4) is 0 Å². The Bertz CT molecular complexity index is 512. The highest BCUT2D eigenvalue weighted by Crippen LogP contribution is 2.12. The lowest BCUT2D eigenvalue weighted by molar-refractivity contribution is -0.127. The molecule has 0 aliphatic carbocycles. The molecule has 0 spiro atoms. The predicted molar refractivity (Wildman–Crippen MR) is 89.2 cm³/mol. The standard InChI is InChI=1S/C16H25N5O2/c1-13(2)19-15(22)11-18-16(23)12-20-7-9-21(10-8-20)14-5-3-4-6-17-14/h3-6,13H,7-12H2,1-2H3,(H,18,23)(H,19,22). The Morgan fingerprint density at radius 1 is 1.17 bits per heavy atom. The van der Waals surface area contributed by atoms with Crippen molar-refractivity contribution in [2.75, 3.05) is 44.2 Å². The van der Waals surface area contributed by atoms with Crippen LogP contribution < -0.4 is 15.5 Å². The molecule has 0 bridgehead atoms. The van der Waals surface area contributed by atoms with E-state index >= 15 is 0 Å². The Hall–Kier alpha value is -2.15. The van der Waals surface area contributed by atoms with E-state index in [2.05, 4.69) is 25.4 Å². The maximum absolute atomic E-state index is 11.9. The van der Waals surface area contributed by atoms with E-state index < -0.39 is 0 Å². The topological polar surface area (TPSA) is 77.6 Å². The molecule has 2 heterocycles. The van der Waals surface area contributed by atoms with Crippen LogP contribution in [0.25, 0.3) is 0 Å². The molecule has 23 heavy (non-hydrogen) atoms. The number of carbonyl (C=O) groups is 2. The third-order valence-electron chi connectivity index (χ3n) is 3.61. The average molecular weight is 319 g/mol. The molecule has 2 rings (SSSR count). The van der Waals surface area contributed by atoms with Crippen LogP contribution in [0, 0.1) is 0 Å². The highest BCUT2D eigenvalue weighted by atomic mass is 16.2. The van der Waals surface area contributed by atoms with Gasteiger partial charge in [0.05, 0.1) is 13.1 Å². The minimum Gasteiger partial charge on any atom is -0.354 e. The van der Waals surface area contributed by atoms with Gasteiger partial charge in [0.15, 0.2) is 0 Å². The van der Waals surface area contributed by atoms with Gasteiger partial charge in [-0.3, -0.25) is 14.5 Å². The predicted octanol–water partition coefficient (Wildman–Crippen LogP) is -0.156. The van der Waals surface area contributed by atoms with E-state index in [0.29, 0.717) is 6.54 Å². The molecule has 1 fully saturated rings. The molecule has 0 aromatic carbocycles. The van der Waals surface area contributed by atoms with Gasteiger partial charge in [0.25, 0.3) is 0 Å². The molecular weight excluding hydrogens is 294 g/mol. The summed E-state index contributed by atoms with van der Waals surface area (Å²) in [7, 11) is 0. The van der Waals surface area contributed by atoms with Gasteiger partial charge in [-0.25, -0.2) is 4.98 Å². The van der Waals surface area contributed by atoms with E-state index in [9.17, 15) is 9.59 Å². The lowest BCUT2D eigenvalue weighted by atomic mass is 10.3. The first kappa shape index (κ1) is 17.2. The maximum Gasteiger partial charge on any atom is 0.239 e. The number of piperazine rings is 1. The zero-order valence-electron chi connectivity index (χ0n) is 13.8. The minimum absolute atomic E-state index is 0.0327. The van der Waals surface area contributed by atoms with Gasteiger partial charge in [0.2, 0.25) is 11.8 Å². The zero-order valence-corrected chi connectivity index (χ0v) is 13.8. The quantitative estimate of drug-likeness (QED) is 0.762. The number of nitrogens with one attached hydrogen (secondary N) is 2. The number of anilines is 1. The van der Waals surface area contributed by atoms with Gasteiger partial charge in [0.1, 0.15) is 5.82 Å². The van der Waals surface area contributed by atoms with Gasteiger partial charge in [-0.1, -0.05) is 6.07 Å². The molecule has 126 valence electrons. The molecule has 1 saturated heterocycles. The number of amides is 2. The fourth-order valence-electron chi connectivity index (χ4n) is 2.49. The monoisotopic (exact) mass is 319 g/mol. The lowest BCUT2D eigenvalue weighted by Gasteiger charge is -2.34. The highest BCUT2D eigenvalue weighted by molar-refractivity contribution is 5.85. The fourth-order valence-corrected chi connectivity index (χ4v) is 2.49. The van der Waals surface area contributed by atoms with Crippen molar-refractivity contribution in [3.63, 3.8) is 0 Å². The van der Waals surface area contributed by atoms with Gasteiger partial charge in [-0.2, -0.15) is 0 Å². The number of rotatable bonds is 6. The molecule has 1 aromatic heterocycles. The highest BCUT2D eigenvalue weighted by Gasteiger charge is 2.19. The number of hydrogen-bond donors (Lipinski definition) is 2. The largest absolute Gasteiger partial charge is 0.354 e. The third-order valence-corrected chi connectivity index (χ3v) is 3.61. The number of hydrogen-bond acceptors (Lipinski definition) is 5. The lowest BCUT2D eigenvalue weighted by Crippen LogP contribution is -2.50. The van der Waals surface area contributed by atoms with Gasteiger partial charge < -0.3 is 15.5 Å². The second-order valence-corrected chi connectivity index (χ2v) is 5.95. The van der Waals surface area contributed by atoms with Crippen LogP contribution in [-0.4, -0.2) is 67.0 Å². The Morgan fingerprint density at radius 3 is 2.52 bits per heavy atom. The first-order chi connectivity index (χ1) is 11.0. The number of pyridine rings is 1. The van der Waals surface area contributed by atoms with Crippen LogP contribution in [0.5, 0.6) is 0 Å². The summed E-state index contributed by atoms with van der Waals surface area (Å²) < 4.78 is 0. The van der Waals surface area contributed by atoms with Gasteiger partial charge >= 0.3 is 0 Å². The first-order valence-electron chi connectivity index (χ1n) is 7.99. The molecule has 7 nitrogen and oxygen atoms in total. The number of aromatic nitrogens is 1. The molecule has 1 aromatic rings. The van der Waals surface area contributed by atoms with Crippen molar-refractivity contribution in [2.45, 2.75) is 19.9 Å². The normalized spacial score (nSPS) is 15.5. The molecule has 0 unspecified atom stereocenters. The summed E-state index contributed by atoms with van der Waals surface area (Å²) >= 11 is 0. The molecule has 2 amide bonds. The Balaban J connectivity index is 1.68. The molecule has 1 aliphatic rings. The van der Waals surface area contributed by atoms with Crippen LogP contribution in [0.4, 0.5) is 5.82 Å². The molecular formula is C16H25N5O2. The van der Waals surface area contributed by atoms with Gasteiger partial charge in [-0.05, 0) is 26.0 Å². The summed E-state index contributed by atoms with van der Waals surface area (Å²) in [5, 5.41) is 5.40. The number of carbonyl (C=O) groups excluding carboxylic acids is 2. The van der Waals surface area contributed by atoms with Crippen molar-refractivity contribution < 1.29 is 9.59 Å². The average Bonchev–Trinajstić information content (AvgIpc) is 2.54. The smallest absolute Gasteiger partial charge is 0.239 e. The summed E-state index contributed by atoms with van der Waals surface area (Å²) in [6.07, 6.45) is 1.79. The maximum atomic E-state index is 11.9. The molecule has 2 N–H and O–H groups in total. The van der Waals surface area contributed by atoms with Crippen LogP contribution in [0.15, 0.2) is 24.4 Å². The summed E-state index contributed by atoms with van der Waals surface area (Å²) in [6.45, 7) is 7.44. The van der Waals surface area contributed by atoms with E-state index in [1.165, 1.54) is 0 Å². The third kappa shape index (κ3) is 5.86. The second-order valence-electron chi connectivity index (χ2n) is 5.95. The van der Waals surface area contributed by atoms with Crippen molar-refractivity contribution >= 4 is 17.6 Å². The van der Waals surface area contributed by atoms with E-state index in [4.69, 9.17) is 0 Å². The summed E-state index contributed by atoms with van der Waals surface area (Å²) in [5.41, 5.74) is 0. The molecule has 7 heteroatoms. The van der Waals surface area contributed by atoms with Crippen LogP contribution in [0.1, 0.15) is 13.8 Å². The van der Waals surface area contributed by atoms with Crippen molar-refractivity contribution in [3.8, 4) is 0 Å². The number of nitrogens with zero attached hydrogens (tertiary/aromatic N) is 3. The van der Waals surface area contributed by atoms with E-state index in [1.807, 2.05) is 32.0 Å². The molecule has 1 aliphatic heterocycles. The van der Waals surface area contributed by atoms with E-state index in [0.717, 1.165) is 32.0 Å². The van der Waals surface area contributed by atoms with Crippen LogP contribution >= 0.6 is 0 Å². The van der Waals surface area contributed by atoms with Gasteiger partial charge in [0, 0.05) is 38.4 Å². The zero-order chi connectivity index (χ0) is 16.7. The SMILES string of the molecule is CC(C)NC(=O)CNC(=O)CN1CCN(c2ccccn2)CC1. The molecule has 0 saturated carbocycles. The van der Waals surface area contributed by atoms with Crippen LogP contribution in [0.2, 0.25) is 0 Å². The summed E-state index contributed by atoms with van der Waals surface area (Å²) in [4.78, 5) is 32.0. The Kier molecular flexibility index (Phi) is 6.34. The Labute approximate surface area is 137 Å². The summed E-state index contributed by atoms with van der Waals surface area (Å²) in [5.74, 6) is 0.700. The molecule has 0 atom stereocenters. The molecule has 0 radical (unpaired) electrons. The van der Waals surface area contributed by atoms with Crippen molar-refractivity contribution in [3.05, 3.63) is 24.4 Å². The second kappa shape index (κ2) is 8.47. The van der Waals surface area contributed by atoms with Crippen molar-refractivity contribution in [2.24, 2.45) is 0 Å². The van der Waals surface area contributed by atoms with Crippen molar-refractivity contribution in [1.82, 2.24) is 20.5 Å². The van der Waals surface area contributed by atoms with Crippen molar-refractivity contribution in [1.29, 1.82) is 0 Å². The minimum atomic E-state index is -0.159. The fraction of sp³-hybridized carbons (Fsp3) is 0.562.